The first-order valence-electron chi connectivity index (χ1n) is 9.38. The molecular formula is C20H21N3O4. The maximum absolute atomic E-state index is 12.5. The van der Waals surface area contributed by atoms with Crippen LogP contribution in [0.25, 0.3) is 0 Å². The van der Waals surface area contributed by atoms with E-state index in [1.54, 1.807) is 6.07 Å². The number of benzene rings is 1. The predicted octanol–water partition coefficient (Wildman–Crippen LogP) is 2.52. The number of hydrogen-bond donors (Lipinski definition) is 1. The van der Waals surface area contributed by atoms with E-state index in [-0.39, 0.29) is 6.54 Å². The highest BCUT2D eigenvalue weighted by Gasteiger charge is 2.52. The summed E-state index contributed by atoms with van der Waals surface area (Å²) in [6.07, 6.45) is 8.18. The lowest BCUT2D eigenvalue weighted by atomic mass is 9.99. The largest absolute Gasteiger partial charge is 0.466 e. The van der Waals surface area contributed by atoms with Crippen LogP contribution in [0, 0.1) is 0 Å². The van der Waals surface area contributed by atoms with Gasteiger partial charge in [-0.3, -0.25) is 0 Å². The minimum absolute atomic E-state index is 0.0917. The number of amidine groups is 1. The molecule has 5 rings (SSSR count). The molecule has 27 heavy (non-hydrogen) atoms. The molecule has 2 aliphatic carbocycles. The number of carbonyl (C=O) groups excluding carboxylic acids is 1. The Kier molecular flexibility index (Phi) is 3.70. The number of aromatic nitrogens is 1. The molecule has 0 radical (unpaired) electrons. The van der Waals surface area contributed by atoms with Crippen LogP contribution in [0.5, 0.6) is 0 Å². The van der Waals surface area contributed by atoms with Crippen molar-refractivity contribution in [2.75, 3.05) is 19.0 Å². The van der Waals surface area contributed by atoms with Crippen molar-refractivity contribution in [1.29, 1.82) is 0 Å². The highest BCUT2D eigenvalue weighted by Crippen LogP contribution is 2.40. The van der Waals surface area contributed by atoms with Crippen molar-refractivity contribution in [1.82, 2.24) is 5.16 Å². The van der Waals surface area contributed by atoms with E-state index in [0.29, 0.717) is 11.8 Å². The van der Waals surface area contributed by atoms with E-state index in [2.05, 4.69) is 21.5 Å². The minimum atomic E-state index is -1.42. The normalized spacial score (nSPS) is 22.8. The lowest BCUT2D eigenvalue weighted by Crippen LogP contribution is -2.41. The van der Waals surface area contributed by atoms with E-state index < -0.39 is 11.6 Å². The Labute approximate surface area is 156 Å². The van der Waals surface area contributed by atoms with Crippen LogP contribution >= 0.6 is 0 Å². The Balaban J connectivity index is 1.48. The molecule has 1 aromatic heterocycles. The minimum Gasteiger partial charge on any atom is -0.466 e. The van der Waals surface area contributed by atoms with E-state index in [4.69, 9.17) is 14.0 Å². The molecule has 7 nitrogen and oxygen atoms in total. The SMILES string of the molecule is COC(=O)C1(c2ccno2)CN=C(Nc2c3c(cc4c2CCC4)CCC3)O1. The number of nitrogens with one attached hydrogen (secondary N) is 1. The van der Waals surface area contributed by atoms with Gasteiger partial charge in [-0.2, -0.15) is 0 Å². The number of esters is 1. The van der Waals surface area contributed by atoms with Gasteiger partial charge in [0, 0.05) is 11.8 Å². The summed E-state index contributed by atoms with van der Waals surface area (Å²) in [6.45, 7) is 0.0917. The quantitative estimate of drug-likeness (QED) is 0.839. The molecule has 1 atom stereocenters. The zero-order chi connectivity index (χ0) is 18.4. The van der Waals surface area contributed by atoms with Crippen molar-refractivity contribution in [3.05, 3.63) is 46.3 Å². The Morgan fingerprint density at radius 3 is 2.56 bits per heavy atom. The summed E-state index contributed by atoms with van der Waals surface area (Å²) in [6, 6.07) is 4.31. The molecule has 2 heterocycles. The van der Waals surface area contributed by atoms with Crippen LogP contribution in [0.3, 0.4) is 0 Å². The molecule has 2 aromatic rings. The molecule has 7 heteroatoms. The third-order valence-corrected chi connectivity index (χ3v) is 5.77. The monoisotopic (exact) mass is 367 g/mol. The Bertz CT molecular complexity index is 903. The number of fused-ring (bicyclic) bond motifs is 2. The molecule has 1 aliphatic heterocycles. The summed E-state index contributed by atoms with van der Waals surface area (Å²) in [5.41, 5.74) is 5.26. The average Bonchev–Trinajstić information content (AvgIpc) is 3.46. The second-order valence-corrected chi connectivity index (χ2v) is 7.28. The standard InChI is InChI=1S/C20H21N3O4/c1-25-18(24)20(16-8-9-22-27-16)11-21-19(26-20)23-17-14-6-2-4-12(14)10-13-5-3-7-15(13)17/h8-10H,2-7,11H2,1H3,(H,21,23). The molecule has 1 aromatic carbocycles. The van der Waals surface area contributed by atoms with Crippen LogP contribution < -0.4 is 5.32 Å². The molecule has 0 saturated heterocycles. The van der Waals surface area contributed by atoms with Crippen molar-refractivity contribution in [2.45, 2.75) is 44.1 Å². The van der Waals surface area contributed by atoms with Gasteiger partial charge in [0.2, 0.25) is 0 Å². The predicted molar refractivity (Wildman–Crippen MR) is 97.7 cm³/mol. The second kappa shape index (κ2) is 6.11. The number of carbonyl (C=O) groups is 1. The van der Waals surface area contributed by atoms with Crippen molar-refractivity contribution in [2.24, 2.45) is 4.99 Å². The molecule has 0 amide bonds. The van der Waals surface area contributed by atoms with Gasteiger partial charge in [-0.1, -0.05) is 11.2 Å². The molecule has 0 bridgehead atoms. The zero-order valence-electron chi connectivity index (χ0n) is 15.2. The van der Waals surface area contributed by atoms with Gasteiger partial charge in [-0.15, -0.1) is 0 Å². The fourth-order valence-corrected chi connectivity index (χ4v) is 4.48. The number of nitrogens with zero attached hydrogens (tertiary/aromatic N) is 2. The maximum Gasteiger partial charge on any atom is 0.360 e. The zero-order valence-corrected chi connectivity index (χ0v) is 15.2. The van der Waals surface area contributed by atoms with Gasteiger partial charge in [0.05, 0.1) is 13.3 Å². The maximum atomic E-state index is 12.5. The summed E-state index contributed by atoms with van der Waals surface area (Å²) < 4.78 is 16.2. The summed E-state index contributed by atoms with van der Waals surface area (Å²) in [5.74, 6) is -0.262. The first-order valence-corrected chi connectivity index (χ1v) is 9.38. The molecule has 0 spiro atoms. The van der Waals surface area contributed by atoms with Gasteiger partial charge in [0.25, 0.3) is 11.6 Å². The number of anilines is 1. The summed E-state index contributed by atoms with van der Waals surface area (Å²) >= 11 is 0. The third-order valence-electron chi connectivity index (χ3n) is 5.77. The van der Waals surface area contributed by atoms with Crippen LogP contribution in [0.15, 0.2) is 27.8 Å². The van der Waals surface area contributed by atoms with Crippen LogP contribution in [-0.4, -0.2) is 30.8 Å². The highest BCUT2D eigenvalue weighted by molar-refractivity contribution is 5.96. The van der Waals surface area contributed by atoms with Crippen molar-refractivity contribution in [3.63, 3.8) is 0 Å². The number of aryl methyl sites for hydroxylation is 2. The molecule has 1 N–H and O–H groups in total. The van der Waals surface area contributed by atoms with E-state index in [9.17, 15) is 4.79 Å². The van der Waals surface area contributed by atoms with Crippen molar-refractivity contribution < 1.29 is 18.8 Å². The number of ether oxygens (including phenoxy) is 2. The fourth-order valence-electron chi connectivity index (χ4n) is 4.48. The van der Waals surface area contributed by atoms with E-state index in [0.717, 1.165) is 31.4 Å². The smallest absolute Gasteiger partial charge is 0.360 e. The van der Waals surface area contributed by atoms with Crippen LogP contribution in [0.1, 0.15) is 40.9 Å². The number of methoxy groups -OCH3 is 1. The topological polar surface area (TPSA) is 86.0 Å². The van der Waals surface area contributed by atoms with Crippen molar-refractivity contribution in [3.8, 4) is 0 Å². The second-order valence-electron chi connectivity index (χ2n) is 7.28. The summed E-state index contributed by atoms with van der Waals surface area (Å²) in [5, 5.41) is 7.09. The number of aliphatic imine (C=N–C) groups is 1. The first-order chi connectivity index (χ1) is 13.2. The molecule has 0 saturated carbocycles. The van der Waals surface area contributed by atoms with Crippen LogP contribution in [0.4, 0.5) is 5.69 Å². The van der Waals surface area contributed by atoms with E-state index in [1.165, 1.54) is 48.4 Å². The molecule has 1 unspecified atom stereocenters. The lowest BCUT2D eigenvalue weighted by Gasteiger charge is -2.23. The molecular weight excluding hydrogens is 346 g/mol. The Morgan fingerprint density at radius 1 is 1.19 bits per heavy atom. The Morgan fingerprint density at radius 2 is 1.93 bits per heavy atom. The number of rotatable bonds is 3. The molecule has 140 valence electrons. The van der Waals surface area contributed by atoms with E-state index in [1.807, 2.05) is 0 Å². The molecule has 3 aliphatic rings. The third kappa shape index (κ3) is 2.44. The van der Waals surface area contributed by atoms with Gasteiger partial charge >= 0.3 is 5.97 Å². The van der Waals surface area contributed by atoms with E-state index >= 15 is 0 Å². The lowest BCUT2D eigenvalue weighted by molar-refractivity contribution is -0.160. The summed E-state index contributed by atoms with van der Waals surface area (Å²) in [7, 11) is 1.33. The highest BCUT2D eigenvalue weighted by atomic mass is 16.6. The van der Waals surface area contributed by atoms with Crippen molar-refractivity contribution >= 4 is 17.7 Å². The van der Waals surface area contributed by atoms with Gasteiger partial charge in [0.1, 0.15) is 6.54 Å². The Hall–Kier alpha value is -2.83. The average molecular weight is 367 g/mol. The van der Waals surface area contributed by atoms with Gasteiger partial charge in [-0.05, 0) is 60.8 Å². The fraction of sp³-hybridized carbons (Fsp3) is 0.450. The van der Waals surface area contributed by atoms with Gasteiger partial charge < -0.3 is 19.3 Å². The van der Waals surface area contributed by atoms with Gasteiger partial charge in [-0.25, -0.2) is 9.79 Å². The van der Waals surface area contributed by atoms with Crippen LogP contribution in [0.2, 0.25) is 0 Å². The molecule has 0 fully saturated rings. The van der Waals surface area contributed by atoms with Crippen LogP contribution in [-0.2, 0) is 45.6 Å². The van der Waals surface area contributed by atoms with Gasteiger partial charge in [0.15, 0.2) is 5.76 Å². The first kappa shape index (κ1) is 16.4. The number of hydrogen-bond acceptors (Lipinski definition) is 7. The summed E-state index contributed by atoms with van der Waals surface area (Å²) in [4.78, 5) is 16.9.